The highest BCUT2D eigenvalue weighted by Gasteiger charge is 2.39. The van der Waals surface area contributed by atoms with E-state index in [1.165, 1.54) is 5.56 Å². The van der Waals surface area contributed by atoms with Crippen molar-refractivity contribution in [2.75, 3.05) is 5.75 Å². The summed E-state index contributed by atoms with van der Waals surface area (Å²) in [7, 11) is 2.03. The number of aryl methyl sites for hydroxylation is 1. The third kappa shape index (κ3) is 3.07. The summed E-state index contributed by atoms with van der Waals surface area (Å²) in [5.41, 5.74) is 2.15. The molecular formula is C14H19ClO2S. The van der Waals surface area contributed by atoms with Crippen LogP contribution < -0.4 is 0 Å². The summed E-state index contributed by atoms with van der Waals surface area (Å²) in [6, 6.07) is 8.34. The van der Waals surface area contributed by atoms with Gasteiger partial charge in [0.15, 0.2) is 0 Å². The Balaban J connectivity index is 2.34. The van der Waals surface area contributed by atoms with E-state index in [4.69, 9.17) is 10.7 Å². The average Bonchev–Trinajstić information content (AvgIpc) is 2.76. The van der Waals surface area contributed by atoms with E-state index in [2.05, 4.69) is 31.2 Å². The Morgan fingerprint density at radius 1 is 1.17 bits per heavy atom. The lowest BCUT2D eigenvalue weighted by Gasteiger charge is -2.28. The molecule has 0 radical (unpaired) electrons. The molecular weight excluding hydrogens is 268 g/mol. The van der Waals surface area contributed by atoms with Gasteiger partial charge in [0, 0.05) is 16.1 Å². The normalized spacial score (nSPS) is 19.0. The van der Waals surface area contributed by atoms with Crippen LogP contribution in [-0.2, 0) is 20.9 Å². The quantitative estimate of drug-likeness (QED) is 0.792. The minimum atomic E-state index is -3.46. The van der Waals surface area contributed by atoms with Crippen LogP contribution in [0.2, 0.25) is 0 Å². The number of rotatable bonds is 4. The molecule has 1 aromatic rings. The van der Waals surface area contributed by atoms with E-state index in [1.807, 2.05) is 0 Å². The zero-order chi connectivity index (χ0) is 13.2. The van der Waals surface area contributed by atoms with Crippen molar-refractivity contribution in [3.63, 3.8) is 0 Å². The number of benzene rings is 1. The number of hydrogen-bond acceptors (Lipinski definition) is 2. The van der Waals surface area contributed by atoms with Gasteiger partial charge in [0.05, 0.1) is 5.75 Å². The largest absolute Gasteiger partial charge is 0.233 e. The fourth-order valence-electron chi connectivity index (χ4n) is 2.99. The highest BCUT2D eigenvalue weighted by molar-refractivity contribution is 8.13. The van der Waals surface area contributed by atoms with Crippen LogP contribution >= 0.6 is 10.7 Å². The van der Waals surface area contributed by atoms with E-state index in [-0.39, 0.29) is 11.2 Å². The lowest BCUT2D eigenvalue weighted by molar-refractivity contribution is 0.485. The molecule has 1 aliphatic rings. The summed E-state index contributed by atoms with van der Waals surface area (Å²) in [4.78, 5) is 0. The second-order valence-electron chi connectivity index (χ2n) is 5.22. The smallest absolute Gasteiger partial charge is 0.212 e. The lowest BCUT2D eigenvalue weighted by Crippen LogP contribution is -2.30. The number of hydrogen-bond donors (Lipinski definition) is 0. The van der Waals surface area contributed by atoms with Gasteiger partial charge in [-0.3, -0.25) is 0 Å². The topological polar surface area (TPSA) is 34.1 Å². The first kappa shape index (κ1) is 13.9. The molecule has 1 aromatic carbocycles. The Morgan fingerprint density at radius 2 is 1.72 bits per heavy atom. The summed E-state index contributed by atoms with van der Waals surface area (Å²) >= 11 is 0. The molecule has 0 bridgehead atoms. The van der Waals surface area contributed by atoms with Crippen molar-refractivity contribution >= 4 is 19.7 Å². The first-order chi connectivity index (χ1) is 8.45. The Morgan fingerprint density at radius 3 is 2.17 bits per heavy atom. The van der Waals surface area contributed by atoms with E-state index in [0.717, 1.165) is 37.7 Å². The third-order valence-corrected chi connectivity index (χ3v) is 5.21. The molecule has 100 valence electrons. The molecule has 2 rings (SSSR count). The van der Waals surface area contributed by atoms with Crippen LogP contribution in [0.4, 0.5) is 0 Å². The maximum absolute atomic E-state index is 11.5. The molecule has 1 aliphatic carbocycles. The second-order valence-corrected chi connectivity index (χ2v) is 8.00. The van der Waals surface area contributed by atoms with Crippen molar-refractivity contribution in [2.45, 2.75) is 44.4 Å². The Labute approximate surface area is 114 Å². The molecule has 0 atom stereocenters. The van der Waals surface area contributed by atoms with Crippen molar-refractivity contribution in [3.8, 4) is 0 Å². The summed E-state index contributed by atoms with van der Waals surface area (Å²) in [5, 5.41) is 0. The number of halogens is 1. The molecule has 18 heavy (non-hydrogen) atoms. The van der Waals surface area contributed by atoms with E-state index in [9.17, 15) is 8.42 Å². The van der Waals surface area contributed by atoms with Gasteiger partial charge in [0.25, 0.3) is 0 Å². The minimum Gasteiger partial charge on any atom is -0.212 e. The van der Waals surface area contributed by atoms with Gasteiger partial charge in [-0.05, 0) is 30.4 Å². The van der Waals surface area contributed by atoms with E-state index in [0.29, 0.717) is 0 Å². The Bertz CT molecular complexity index is 499. The van der Waals surface area contributed by atoms with Gasteiger partial charge in [-0.25, -0.2) is 8.42 Å². The first-order valence-corrected chi connectivity index (χ1v) is 8.95. The summed E-state index contributed by atoms with van der Waals surface area (Å²) in [5.74, 6) is 0.0625. The van der Waals surface area contributed by atoms with Gasteiger partial charge in [-0.2, -0.15) is 0 Å². The van der Waals surface area contributed by atoms with Crippen LogP contribution in [0.15, 0.2) is 24.3 Å². The average molecular weight is 287 g/mol. The zero-order valence-corrected chi connectivity index (χ0v) is 12.2. The van der Waals surface area contributed by atoms with Crippen LogP contribution in [0.5, 0.6) is 0 Å². The predicted octanol–water partition coefficient (Wildman–Crippen LogP) is 3.63. The molecule has 4 heteroatoms. The highest BCUT2D eigenvalue weighted by atomic mass is 35.7. The van der Waals surface area contributed by atoms with Gasteiger partial charge < -0.3 is 0 Å². The van der Waals surface area contributed by atoms with Gasteiger partial charge in [-0.15, -0.1) is 0 Å². The van der Waals surface area contributed by atoms with Crippen LogP contribution in [0.3, 0.4) is 0 Å². The van der Waals surface area contributed by atoms with Crippen molar-refractivity contribution in [2.24, 2.45) is 0 Å². The van der Waals surface area contributed by atoms with Gasteiger partial charge in [0.1, 0.15) is 0 Å². The maximum atomic E-state index is 11.5. The van der Waals surface area contributed by atoms with E-state index in [1.54, 1.807) is 0 Å². The molecule has 0 saturated heterocycles. The van der Waals surface area contributed by atoms with Gasteiger partial charge in [-0.1, -0.05) is 44.0 Å². The van der Waals surface area contributed by atoms with Crippen molar-refractivity contribution < 1.29 is 8.42 Å². The molecule has 0 aromatic heterocycles. The lowest BCUT2D eigenvalue weighted by atomic mass is 9.80. The second kappa shape index (κ2) is 5.22. The third-order valence-electron chi connectivity index (χ3n) is 3.98. The first-order valence-electron chi connectivity index (χ1n) is 6.47. The Hall–Kier alpha value is -0.540. The van der Waals surface area contributed by atoms with E-state index < -0.39 is 9.05 Å². The highest BCUT2D eigenvalue weighted by Crippen LogP contribution is 2.42. The monoisotopic (exact) mass is 286 g/mol. The summed E-state index contributed by atoms with van der Waals surface area (Å²) in [6.45, 7) is 2.11. The molecule has 0 unspecified atom stereocenters. The van der Waals surface area contributed by atoms with Crippen molar-refractivity contribution in [1.82, 2.24) is 0 Å². The van der Waals surface area contributed by atoms with Gasteiger partial charge >= 0.3 is 0 Å². The standard InChI is InChI=1S/C14H19ClO2S/c1-2-12-5-7-13(8-6-12)14(9-3-4-10-14)11-18(15,16)17/h5-8H,2-4,9-11H2,1H3. The SMILES string of the molecule is CCc1ccc(C2(CS(=O)(=O)Cl)CCCC2)cc1. The van der Waals surface area contributed by atoms with Crippen LogP contribution in [0.1, 0.15) is 43.7 Å². The van der Waals surface area contributed by atoms with Crippen LogP contribution in [0, 0.1) is 0 Å². The zero-order valence-electron chi connectivity index (χ0n) is 10.7. The molecule has 1 fully saturated rings. The van der Waals surface area contributed by atoms with E-state index >= 15 is 0 Å². The fraction of sp³-hybridized carbons (Fsp3) is 0.571. The summed E-state index contributed by atoms with van der Waals surface area (Å²) in [6.07, 6.45) is 5.01. The van der Waals surface area contributed by atoms with Crippen molar-refractivity contribution in [3.05, 3.63) is 35.4 Å². The summed E-state index contributed by atoms with van der Waals surface area (Å²) < 4.78 is 22.9. The molecule has 0 amide bonds. The van der Waals surface area contributed by atoms with Gasteiger partial charge in [0.2, 0.25) is 9.05 Å². The Kier molecular flexibility index (Phi) is 4.02. The maximum Gasteiger partial charge on any atom is 0.233 e. The minimum absolute atomic E-state index is 0.0625. The predicted molar refractivity (Wildman–Crippen MR) is 75.6 cm³/mol. The molecule has 2 nitrogen and oxygen atoms in total. The molecule has 0 aliphatic heterocycles. The van der Waals surface area contributed by atoms with Crippen molar-refractivity contribution in [1.29, 1.82) is 0 Å². The molecule has 0 N–H and O–H groups in total. The van der Waals surface area contributed by atoms with Crippen LogP contribution in [0.25, 0.3) is 0 Å². The fourth-order valence-corrected chi connectivity index (χ4v) is 4.73. The molecule has 0 heterocycles. The molecule has 0 spiro atoms. The van der Waals surface area contributed by atoms with Crippen LogP contribution in [-0.4, -0.2) is 14.2 Å². The molecule has 1 saturated carbocycles.